The Morgan fingerprint density at radius 2 is 1.86 bits per heavy atom. The number of anilines is 1. The third-order valence-corrected chi connectivity index (χ3v) is 7.93. The molecular formula is C21H25N3O3S2. The van der Waals surface area contributed by atoms with Crippen molar-refractivity contribution in [3.05, 3.63) is 53.0 Å². The van der Waals surface area contributed by atoms with E-state index in [1.54, 1.807) is 18.2 Å². The summed E-state index contributed by atoms with van der Waals surface area (Å²) in [6, 6.07) is 12.3. The van der Waals surface area contributed by atoms with Gasteiger partial charge in [0.05, 0.1) is 17.1 Å². The van der Waals surface area contributed by atoms with Gasteiger partial charge in [0.15, 0.2) is 5.13 Å². The lowest BCUT2D eigenvalue weighted by molar-refractivity contribution is -0.116. The molecule has 3 rings (SSSR count). The highest BCUT2D eigenvalue weighted by molar-refractivity contribution is 7.89. The molecule has 0 radical (unpaired) electrons. The van der Waals surface area contributed by atoms with Gasteiger partial charge in [-0.05, 0) is 50.1 Å². The van der Waals surface area contributed by atoms with E-state index >= 15 is 0 Å². The van der Waals surface area contributed by atoms with E-state index in [0.717, 1.165) is 21.3 Å². The molecule has 0 aliphatic heterocycles. The van der Waals surface area contributed by atoms with Crippen molar-refractivity contribution in [3.63, 3.8) is 0 Å². The monoisotopic (exact) mass is 431 g/mol. The zero-order valence-electron chi connectivity index (χ0n) is 17.0. The van der Waals surface area contributed by atoms with E-state index in [1.807, 2.05) is 52.0 Å². The van der Waals surface area contributed by atoms with Crippen LogP contribution in [0.1, 0.15) is 30.8 Å². The summed E-state index contributed by atoms with van der Waals surface area (Å²) in [7, 11) is -3.84. The van der Waals surface area contributed by atoms with Gasteiger partial charge in [-0.3, -0.25) is 4.79 Å². The molecule has 0 saturated heterocycles. The first kappa shape index (κ1) is 21.4. The molecule has 6 nitrogen and oxygen atoms in total. The molecule has 0 spiro atoms. The van der Waals surface area contributed by atoms with E-state index in [-0.39, 0.29) is 17.5 Å². The number of nitrogens with zero attached hydrogens (tertiary/aromatic N) is 2. The van der Waals surface area contributed by atoms with Crippen LogP contribution in [0, 0.1) is 13.8 Å². The first-order valence-electron chi connectivity index (χ1n) is 9.47. The van der Waals surface area contributed by atoms with Crippen molar-refractivity contribution in [2.45, 2.75) is 45.1 Å². The van der Waals surface area contributed by atoms with Gasteiger partial charge >= 0.3 is 0 Å². The molecule has 1 atom stereocenters. The Balaban J connectivity index is 1.88. The highest BCUT2D eigenvalue weighted by Gasteiger charge is 2.30. The molecule has 8 heteroatoms. The van der Waals surface area contributed by atoms with E-state index in [1.165, 1.54) is 15.6 Å². The van der Waals surface area contributed by atoms with Gasteiger partial charge in [-0.2, -0.15) is 4.31 Å². The number of rotatable bonds is 7. The zero-order valence-corrected chi connectivity index (χ0v) is 18.6. The second kappa shape index (κ2) is 8.61. The van der Waals surface area contributed by atoms with Gasteiger partial charge < -0.3 is 5.32 Å². The summed E-state index contributed by atoms with van der Waals surface area (Å²) < 4.78 is 28.0. The van der Waals surface area contributed by atoms with Crippen LogP contribution in [0.3, 0.4) is 0 Å². The van der Waals surface area contributed by atoms with Gasteiger partial charge in [-0.25, -0.2) is 13.4 Å². The maximum atomic E-state index is 13.4. The van der Waals surface area contributed by atoms with Crippen LogP contribution < -0.4 is 5.32 Å². The van der Waals surface area contributed by atoms with E-state index in [9.17, 15) is 13.2 Å². The molecule has 1 amide bonds. The van der Waals surface area contributed by atoms with Crippen LogP contribution in [0.5, 0.6) is 0 Å². The highest BCUT2D eigenvalue weighted by Crippen LogP contribution is 2.25. The quantitative estimate of drug-likeness (QED) is 0.603. The number of fused-ring (bicyclic) bond motifs is 1. The van der Waals surface area contributed by atoms with Crippen LogP contribution in [0.15, 0.2) is 47.4 Å². The van der Waals surface area contributed by atoms with Gasteiger partial charge in [0.25, 0.3) is 0 Å². The summed E-state index contributed by atoms with van der Waals surface area (Å²) in [5.41, 5.74) is 0.855. The van der Waals surface area contributed by atoms with E-state index < -0.39 is 15.9 Å². The van der Waals surface area contributed by atoms with Crippen molar-refractivity contribution >= 4 is 43.2 Å². The van der Waals surface area contributed by atoms with Crippen LogP contribution in [-0.2, 0) is 14.8 Å². The smallest absolute Gasteiger partial charge is 0.243 e. The predicted molar refractivity (Wildman–Crippen MR) is 118 cm³/mol. The number of carbonyl (C=O) groups is 1. The normalized spacial score (nSPS) is 13.0. The molecule has 1 heterocycles. The number of aromatic nitrogens is 1. The average Bonchev–Trinajstić information content (AvgIpc) is 3.01. The molecule has 0 bridgehead atoms. The number of thiazole rings is 1. The van der Waals surface area contributed by atoms with Gasteiger partial charge in [-0.1, -0.05) is 37.3 Å². The minimum atomic E-state index is -3.84. The number of carbonyl (C=O) groups excluding carboxylic acids is 1. The summed E-state index contributed by atoms with van der Waals surface area (Å²) in [6.07, 6.45) is 0.593. The fourth-order valence-electron chi connectivity index (χ4n) is 2.97. The van der Waals surface area contributed by atoms with Crippen LogP contribution in [0.25, 0.3) is 10.8 Å². The SMILES string of the molecule is CC[C@@H](C)N(CC(=O)Nc1nc(C)c(C)s1)S(=O)(=O)c1ccc2ccccc2c1. The fourth-order valence-corrected chi connectivity index (χ4v) is 5.50. The molecule has 1 aromatic heterocycles. The Morgan fingerprint density at radius 1 is 1.17 bits per heavy atom. The van der Waals surface area contributed by atoms with Crippen molar-refractivity contribution in [2.75, 3.05) is 11.9 Å². The molecule has 0 fully saturated rings. The highest BCUT2D eigenvalue weighted by atomic mass is 32.2. The first-order valence-corrected chi connectivity index (χ1v) is 11.7. The Bertz CT molecular complexity index is 1120. The maximum Gasteiger partial charge on any atom is 0.243 e. The number of sulfonamides is 1. The Labute approximate surface area is 175 Å². The summed E-state index contributed by atoms with van der Waals surface area (Å²) >= 11 is 1.38. The largest absolute Gasteiger partial charge is 0.301 e. The maximum absolute atomic E-state index is 13.4. The summed E-state index contributed by atoms with van der Waals surface area (Å²) in [4.78, 5) is 18.1. The lowest BCUT2D eigenvalue weighted by Gasteiger charge is -2.27. The van der Waals surface area contributed by atoms with Crippen LogP contribution in [0.2, 0.25) is 0 Å². The molecule has 2 aromatic carbocycles. The van der Waals surface area contributed by atoms with Gasteiger partial charge in [0.2, 0.25) is 15.9 Å². The third-order valence-electron chi connectivity index (χ3n) is 4.98. The molecule has 29 heavy (non-hydrogen) atoms. The van der Waals surface area contributed by atoms with Crippen molar-refractivity contribution in [3.8, 4) is 0 Å². The Morgan fingerprint density at radius 3 is 2.48 bits per heavy atom. The molecule has 0 saturated carbocycles. The topological polar surface area (TPSA) is 79.4 Å². The van der Waals surface area contributed by atoms with Crippen LogP contribution in [0.4, 0.5) is 5.13 Å². The van der Waals surface area contributed by atoms with Crippen LogP contribution in [-0.4, -0.2) is 36.2 Å². The molecule has 0 unspecified atom stereocenters. The molecule has 0 aliphatic rings. The van der Waals surface area contributed by atoms with Crippen molar-refractivity contribution in [1.29, 1.82) is 0 Å². The number of aryl methyl sites for hydroxylation is 2. The molecule has 1 N–H and O–H groups in total. The number of hydrogen-bond acceptors (Lipinski definition) is 5. The lowest BCUT2D eigenvalue weighted by Crippen LogP contribution is -2.43. The first-order chi connectivity index (χ1) is 13.7. The third kappa shape index (κ3) is 4.66. The van der Waals surface area contributed by atoms with E-state index in [4.69, 9.17) is 0 Å². The summed E-state index contributed by atoms with van der Waals surface area (Å²) in [5, 5.41) is 5.02. The number of nitrogens with one attached hydrogen (secondary N) is 1. The predicted octanol–water partition coefficient (Wildman–Crippen LogP) is 4.34. The molecule has 0 aliphatic carbocycles. The van der Waals surface area contributed by atoms with E-state index in [2.05, 4.69) is 10.3 Å². The Hall–Kier alpha value is -2.29. The van der Waals surface area contributed by atoms with Crippen molar-refractivity contribution < 1.29 is 13.2 Å². The second-order valence-corrected chi connectivity index (χ2v) is 10.1. The van der Waals surface area contributed by atoms with Gasteiger partial charge in [0.1, 0.15) is 0 Å². The summed E-state index contributed by atoms with van der Waals surface area (Å²) in [6.45, 7) is 7.25. The standard InChI is InChI=1S/C21H25N3O3S2/c1-5-14(2)24(13-20(25)23-21-22-15(3)16(4)28-21)29(26,27)19-11-10-17-8-6-7-9-18(17)12-19/h6-12,14H,5,13H2,1-4H3,(H,22,23,25)/t14-/m1/s1. The molecule has 3 aromatic rings. The van der Waals surface area contributed by atoms with Crippen molar-refractivity contribution in [1.82, 2.24) is 9.29 Å². The minimum absolute atomic E-state index is 0.185. The Kier molecular flexibility index (Phi) is 6.36. The van der Waals surface area contributed by atoms with Crippen LogP contribution >= 0.6 is 11.3 Å². The molecule has 154 valence electrons. The fraction of sp³-hybridized carbons (Fsp3) is 0.333. The van der Waals surface area contributed by atoms with Gasteiger partial charge in [0, 0.05) is 10.9 Å². The number of amides is 1. The minimum Gasteiger partial charge on any atom is -0.301 e. The lowest BCUT2D eigenvalue weighted by atomic mass is 10.1. The number of hydrogen-bond donors (Lipinski definition) is 1. The summed E-state index contributed by atoms with van der Waals surface area (Å²) in [5.74, 6) is -0.400. The number of benzene rings is 2. The average molecular weight is 432 g/mol. The van der Waals surface area contributed by atoms with Gasteiger partial charge in [-0.15, -0.1) is 11.3 Å². The van der Waals surface area contributed by atoms with E-state index in [0.29, 0.717) is 11.6 Å². The second-order valence-electron chi connectivity index (χ2n) is 7.03. The molecular weight excluding hydrogens is 406 g/mol. The zero-order chi connectivity index (χ0) is 21.2. The van der Waals surface area contributed by atoms with Crippen molar-refractivity contribution in [2.24, 2.45) is 0 Å².